The van der Waals surface area contributed by atoms with E-state index in [1.807, 2.05) is 36.4 Å². The third-order valence-electron chi connectivity index (χ3n) is 3.00. The zero-order valence-corrected chi connectivity index (χ0v) is 12.5. The first-order chi connectivity index (χ1) is 11.0. The summed E-state index contributed by atoms with van der Waals surface area (Å²) in [5.74, 6) is -0.255. The number of ether oxygens (including phenoxy) is 1. The van der Waals surface area contributed by atoms with Crippen LogP contribution in [0.3, 0.4) is 0 Å². The van der Waals surface area contributed by atoms with Crippen LogP contribution in [0.2, 0.25) is 0 Å². The Hall–Kier alpha value is -2.12. The van der Waals surface area contributed by atoms with Crippen molar-refractivity contribution in [2.24, 2.45) is 0 Å². The van der Waals surface area contributed by atoms with E-state index in [2.05, 4.69) is 10.2 Å². The highest BCUT2D eigenvalue weighted by atomic mass is 32.2. The minimum atomic E-state index is -4.69. The molecule has 0 aliphatic carbocycles. The summed E-state index contributed by atoms with van der Waals surface area (Å²) in [6.45, 7) is 0. The Balaban J connectivity index is 1.66. The SMILES string of the molecule is FC(F)(F)Oc1ccc([C@H]2C=C(Sc3ccccc3)NO2)cc1. The molecule has 3 rings (SSSR count). The number of thioether (sulfide) groups is 1. The predicted molar refractivity (Wildman–Crippen MR) is 80.5 cm³/mol. The number of hydroxylamine groups is 1. The van der Waals surface area contributed by atoms with Gasteiger partial charge in [-0.2, -0.15) is 0 Å². The zero-order valence-electron chi connectivity index (χ0n) is 11.7. The topological polar surface area (TPSA) is 30.5 Å². The lowest BCUT2D eigenvalue weighted by atomic mass is 10.1. The van der Waals surface area contributed by atoms with E-state index in [1.165, 1.54) is 23.9 Å². The third kappa shape index (κ3) is 4.43. The van der Waals surface area contributed by atoms with Crippen LogP contribution in [0.15, 0.2) is 70.6 Å². The summed E-state index contributed by atoms with van der Waals surface area (Å²) in [7, 11) is 0. The van der Waals surface area contributed by atoms with E-state index in [1.54, 1.807) is 12.1 Å². The van der Waals surface area contributed by atoms with Gasteiger partial charge in [-0.3, -0.25) is 10.3 Å². The second kappa shape index (κ2) is 6.55. The van der Waals surface area contributed by atoms with E-state index < -0.39 is 6.36 Å². The van der Waals surface area contributed by atoms with Crippen molar-refractivity contribution in [2.75, 3.05) is 0 Å². The van der Waals surface area contributed by atoms with Gasteiger partial charge in [-0.1, -0.05) is 42.1 Å². The number of alkyl halides is 3. The maximum absolute atomic E-state index is 12.1. The molecule has 1 heterocycles. The van der Waals surface area contributed by atoms with Crippen LogP contribution >= 0.6 is 11.8 Å². The van der Waals surface area contributed by atoms with E-state index in [-0.39, 0.29) is 11.9 Å². The average molecular weight is 339 g/mol. The lowest BCUT2D eigenvalue weighted by Gasteiger charge is -2.11. The predicted octanol–water partition coefficient (Wildman–Crippen LogP) is 4.79. The van der Waals surface area contributed by atoms with Crippen molar-refractivity contribution >= 4 is 11.8 Å². The molecule has 120 valence electrons. The maximum Gasteiger partial charge on any atom is 0.573 e. The Morgan fingerprint density at radius 2 is 1.70 bits per heavy atom. The lowest BCUT2D eigenvalue weighted by molar-refractivity contribution is -0.274. The summed E-state index contributed by atoms with van der Waals surface area (Å²) in [6.07, 6.45) is -3.18. The van der Waals surface area contributed by atoms with Gasteiger partial charge in [0.2, 0.25) is 0 Å². The van der Waals surface area contributed by atoms with Crippen molar-refractivity contribution < 1.29 is 22.7 Å². The third-order valence-corrected chi connectivity index (χ3v) is 3.95. The van der Waals surface area contributed by atoms with E-state index in [0.717, 1.165) is 15.5 Å². The molecule has 1 N–H and O–H groups in total. The van der Waals surface area contributed by atoms with Crippen molar-refractivity contribution in [3.63, 3.8) is 0 Å². The molecule has 0 saturated heterocycles. The fraction of sp³-hybridized carbons (Fsp3) is 0.125. The van der Waals surface area contributed by atoms with Gasteiger partial charge in [0.1, 0.15) is 11.9 Å². The molecule has 23 heavy (non-hydrogen) atoms. The largest absolute Gasteiger partial charge is 0.573 e. The number of nitrogens with one attached hydrogen (secondary N) is 1. The van der Waals surface area contributed by atoms with Crippen LogP contribution in [0.1, 0.15) is 11.7 Å². The van der Waals surface area contributed by atoms with Crippen LogP contribution in [0.5, 0.6) is 5.75 Å². The maximum atomic E-state index is 12.1. The van der Waals surface area contributed by atoms with Crippen LogP contribution in [0.4, 0.5) is 13.2 Å². The lowest BCUT2D eigenvalue weighted by Crippen LogP contribution is -2.17. The van der Waals surface area contributed by atoms with Gasteiger partial charge in [-0.25, -0.2) is 0 Å². The summed E-state index contributed by atoms with van der Waals surface area (Å²) >= 11 is 1.51. The second-order valence-electron chi connectivity index (χ2n) is 4.70. The first kappa shape index (κ1) is 15.8. The number of rotatable bonds is 4. The Kier molecular flexibility index (Phi) is 4.49. The number of hydrogen-bond acceptors (Lipinski definition) is 4. The monoisotopic (exact) mass is 339 g/mol. The number of benzene rings is 2. The molecular formula is C16H12F3NO2S. The number of halogens is 3. The Morgan fingerprint density at radius 1 is 1.00 bits per heavy atom. The molecule has 0 radical (unpaired) electrons. The zero-order chi connectivity index (χ0) is 16.3. The molecule has 1 atom stereocenters. The van der Waals surface area contributed by atoms with Crippen molar-refractivity contribution in [1.29, 1.82) is 0 Å². The normalized spacial score (nSPS) is 17.5. The van der Waals surface area contributed by atoms with Crippen molar-refractivity contribution in [1.82, 2.24) is 5.48 Å². The smallest absolute Gasteiger partial charge is 0.406 e. The molecule has 0 saturated carbocycles. The van der Waals surface area contributed by atoms with Crippen LogP contribution in [-0.2, 0) is 4.84 Å². The summed E-state index contributed by atoms with van der Waals surface area (Å²) < 4.78 is 40.2. The van der Waals surface area contributed by atoms with Gasteiger partial charge in [0, 0.05) is 4.90 Å². The first-order valence-corrected chi connectivity index (χ1v) is 7.53. The van der Waals surface area contributed by atoms with Crippen molar-refractivity contribution in [3.05, 3.63) is 71.3 Å². The second-order valence-corrected chi connectivity index (χ2v) is 5.82. The van der Waals surface area contributed by atoms with Crippen LogP contribution in [0.25, 0.3) is 0 Å². The highest BCUT2D eigenvalue weighted by Crippen LogP contribution is 2.33. The molecule has 2 aromatic carbocycles. The Bertz CT molecular complexity index is 687. The van der Waals surface area contributed by atoms with E-state index in [0.29, 0.717) is 0 Å². The number of hydrogen-bond donors (Lipinski definition) is 1. The fourth-order valence-electron chi connectivity index (χ4n) is 2.02. The summed E-state index contributed by atoms with van der Waals surface area (Å²) in [5, 5.41) is 0.830. The summed E-state index contributed by atoms with van der Waals surface area (Å²) in [5.41, 5.74) is 3.55. The summed E-state index contributed by atoms with van der Waals surface area (Å²) in [4.78, 5) is 6.50. The Labute approximate surface area is 135 Å². The molecule has 7 heteroatoms. The van der Waals surface area contributed by atoms with E-state index in [9.17, 15) is 13.2 Å². The highest BCUT2D eigenvalue weighted by molar-refractivity contribution is 8.03. The average Bonchev–Trinajstić information content (AvgIpc) is 2.96. The minimum absolute atomic E-state index is 0.255. The standard InChI is InChI=1S/C16H12F3NO2S/c17-16(18,19)21-12-8-6-11(7-9-12)14-10-15(20-22-14)23-13-4-2-1-3-5-13/h1-10,14,20H/t14-/m1/s1. The molecule has 0 amide bonds. The molecular weight excluding hydrogens is 327 g/mol. The van der Waals surface area contributed by atoms with E-state index in [4.69, 9.17) is 4.84 Å². The van der Waals surface area contributed by atoms with Crippen molar-refractivity contribution in [2.45, 2.75) is 17.4 Å². The van der Waals surface area contributed by atoms with Gasteiger partial charge in [-0.15, -0.1) is 13.2 Å². The molecule has 3 nitrogen and oxygen atoms in total. The molecule has 0 unspecified atom stereocenters. The first-order valence-electron chi connectivity index (χ1n) is 6.72. The molecule has 1 aliphatic heterocycles. The fourth-order valence-corrected chi connectivity index (χ4v) is 2.85. The molecule has 1 aliphatic rings. The van der Waals surface area contributed by atoms with Crippen LogP contribution in [-0.4, -0.2) is 6.36 Å². The molecule has 0 bridgehead atoms. The van der Waals surface area contributed by atoms with E-state index >= 15 is 0 Å². The quantitative estimate of drug-likeness (QED) is 0.867. The van der Waals surface area contributed by atoms with Gasteiger partial charge in [0.25, 0.3) is 0 Å². The molecule has 0 spiro atoms. The van der Waals surface area contributed by atoms with Crippen LogP contribution < -0.4 is 10.2 Å². The van der Waals surface area contributed by atoms with Gasteiger partial charge in [-0.05, 0) is 35.9 Å². The molecule has 0 aromatic heterocycles. The van der Waals surface area contributed by atoms with Gasteiger partial charge >= 0.3 is 6.36 Å². The van der Waals surface area contributed by atoms with Crippen molar-refractivity contribution in [3.8, 4) is 5.75 Å². The van der Waals surface area contributed by atoms with Gasteiger partial charge < -0.3 is 4.74 Å². The highest BCUT2D eigenvalue weighted by Gasteiger charge is 2.31. The van der Waals surface area contributed by atoms with Crippen LogP contribution in [0, 0.1) is 0 Å². The molecule has 0 fully saturated rings. The Morgan fingerprint density at radius 3 is 2.35 bits per heavy atom. The van der Waals surface area contributed by atoms with Gasteiger partial charge in [0.05, 0.1) is 5.03 Å². The summed E-state index contributed by atoms with van der Waals surface area (Å²) in [6, 6.07) is 15.4. The molecule has 2 aromatic rings. The minimum Gasteiger partial charge on any atom is -0.406 e. The van der Waals surface area contributed by atoms with Gasteiger partial charge in [0.15, 0.2) is 0 Å².